The molecule has 0 aliphatic carbocycles. The van der Waals surface area contributed by atoms with Crippen LogP contribution in [-0.2, 0) is 4.74 Å². The Balaban J connectivity index is 1.59. The molecule has 0 spiro atoms. The number of benzene rings is 1. The molecule has 6 rings (SSSR count). The highest BCUT2D eigenvalue weighted by molar-refractivity contribution is 5.80. The third-order valence-corrected chi connectivity index (χ3v) is 5.65. The van der Waals surface area contributed by atoms with E-state index in [-0.39, 0.29) is 23.6 Å². The minimum absolute atomic E-state index is 0.0778. The number of aromatic nitrogens is 7. The quantitative estimate of drug-likeness (QED) is 0.450. The molecule has 1 fully saturated rings. The molecule has 1 aliphatic rings. The van der Waals surface area contributed by atoms with Gasteiger partial charge in [-0.1, -0.05) is 0 Å². The number of nitrogens with zero attached hydrogens (tertiary/aromatic N) is 6. The number of pyridine rings is 1. The van der Waals surface area contributed by atoms with Gasteiger partial charge in [-0.25, -0.2) is 14.2 Å². The zero-order chi connectivity index (χ0) is 22.4. The van der Waals surface area contributed by atoms with Gasteiger partial charge < -0.3 is 9.47 Å². The predicted octanol–water partition coefficient (Wildman–Crippen LogP) is 3.14. The summed E-state index contributed by atoms with van der Waals surface area (Å²) < 4.78 is 28.6. The van der Waals surface area contributed by atoms with Crippen LogP contribution in [0, 0.1) is 5.82 Å². The number of halogens is 1. The molecular weight excluding hydrogens is 429 g/mol. The number of hydrogen-bond acceptors (Lipinski definition) is 7. The second kappa shape index (κ2) is 7.78. The third-order valence-electron chi connectivity index (χ3n) is 5.65. The van der Waals surface area contributed by atoms with Crippen molar-refractivity contribution in [1.29, 1.82) is 0 Å². The van der Waals surface area contributed by atoms with Crippen LogP contribution in [0.4, 0.5) is 4.39 Å². The largest absolute Gasteiger partial charge is 0.435 e. The summed E-state index contributed by atoms with van der Waals surface area (Å²) in [5.41, 5.74) is 1.55. The van der Waals surface area contributed by atoms with Gasteiger partial charge in [0.15, 0.2) is 5.65 Å². The Labute approximate surface area is 185 Å². The number of rotatable bonds is 4. The molecule has 33 heavy (non-hydrogen) atoms. The summed E-state index contributed by atoms with van der Waals surface area (Å²) in [6.07, 6.45) is 6.06. The van der Waals surface area contributed by atoms with Gasteiger partial charge in [0.05, 0.1) is 17.2 Å². The summed E-state index contributed by atoms with van der Waals surface area (Å²) in [5.74, 6) is 0.404. The summed E-state index contributed by atoms with van der Waals surface area (Å²) in [7, 11) is 0. The van der Waals surface area contributed by atoms with Crippen molar-refractivity contribution in [3.05, 3.63) is 65.4 Å². The van der Waals surface area contributed by atoms with Crippen molar-refractivity contribution in [2.24, 2.45) is 0 Å². The summed E-state index contributed by atoms with van der Waals surface area (Å²) >= 11 is 0. The molecule has 1 aliphatic heterocycles. The average molecular weight is 447 g/mol. The van der Waals surface area contributed by atoms with E-state index >= 15 is 0 Å². The van der Waals surface area contributed by atoms with Gasteiger partial charge in [-0.15, -0.1) is 0 Å². The molecule has 5 heterocycles. The molecule has 0 atom stereocenters. The smallest absolute Gasteiger partial charge is 0.328 e. The van der Waals surface area contributed by atoms with E-state index in [9.17, 15) is 9.18 Å². The number of aromatic amines is 1. The Kier molecular flexibility index (Phi) is 4.61. The van der Waals surface area contributed by atoms with Crippen LogP contribution in [-0.4, -0.2) is 47.3 Å². The standard InChI is InChI=1S/C22H18FN7O3/c23-13-3-4-16-17(10-13)29(12-25-16)21-27-19-18(20(28-21)33-15-2-1-7-24-11-15)26-22(31)30(19)14-5-8-32-9-6-14/h1-4,7,10-12,14H,5-6,8-9H2,(H,26,31). The van der Waals surface area contributed by atoms with Gasteiger partial charge in [-0.05, 0) is 37.1 Å². The van der Waals surface area contributed by atoms with Crippen LogP contribution in [0.5, 0.6) is 11.6 Å². The summed E-state index contributed by atoms with van der Waals surface area (Å²) in [5, 5.41) is 0. The van der Waals surface area contributed by atoms with E-state index < -0.39 is 5.82 Å². The number of nitrogens with one attached hydrogen (secondary N) is 1. The van der Waals surface area contributed by atoms with Crippen molar-refractivity contribution in [2.45, 2.75) is 18.9 Å². The van der Waals surface area contributed by atoms with Crippen LogP contribution in [0.2, 0.25) is 0 Å². The summed E-state index contributed by atoms with van der Waals surface area (Å²) in [6, 6.07) is 7.68. The minimum Gasteiger partial charge on any atom is -0.435 e. The lowest BCUT2D eigenvalue weighted by Crippen LogP contribution is -2.27. The average Bonchev–Trinajstić information content (AvgIpc) is 3.40. The highest BCUT2D eigenvalue weighted by atomic mass is 19.1. The first-order valence-corrected chi connectivity index (χ1v) is 10.5. The van der Waals surface area contributed by atoms with Gasteiger partial charge in [0.25, 0.3) is 5.88 Å². The van der Waals surface area contributed by atoms with Crippen molar-refractivity contribution in [2.75, 3.05) is 13.2 Å². The Morgan fingerprint density at radius 1 is 1.18 bits per heavy atom. The third kappa shape index (κ3) is 3.42. The van der Waals surface area contributed by atoms with E-state index in [1.54, 1.807) is 39.7 Å². The summed E-state index contributed by atoms with van der Waals surface area (Å²) in [6.45, 7) is 1.12. The molecule has 0 amide bonds. The molecular formula is C22H18FN7O3. The zero-order valence-electron chi connectivity index (χ0n) is 17.3. The van der Waals surface area contributed by atoms with Crippen molar-refractivity contribution in [1.82, 2.24) is 34.1 Å². The fourth-order valence-corrected chi connectivity index (χ4v) is 4.09. The van der Waals surface area contributed by atoms with Gasteiger partial charge in [0.1, 0.15) is 23.4 Å². The van der Waals surface area contributed by atoms with E-state index in [0.717, 1.165) is 0 Å². The predicted molar refractivity (Wildman–Crippen MR) is 116 cm³/mol. The maximum absolute atomic E-state index is 14.0. The Hall–Kier alpha value is -4.12. The van der Waals surface area contributed by atoms with Crippen LogP contribution in [0.1, 0.15) is 18.9 Å². The highest BCUT2D eigenvalue weighted by Crippen LogP contribution is 2.30. The van der Waals surface area contributed by atoms with E-state index in [4.69, 9.17) is 9.47 Å². The van der Waals surface area contributed by atoms with E-state index in [1.165, 1.54) is 18.5 Å². The van der Waals surface area contributed by atoms with Gasteiger partial charge >= 0.3 is 5.69 Å². The molecule has 0 bridgehead atoms. The molecule has 1 N–H and O–H groups in total. The Morgan fingerprint density at radius 3 is 2.88 bits per heavy atom. The number of ether oxygens (including phenoxy) is 2. The lowest BCUT2D eigenvalue weighted by atomic mass is 10.1. The first-order valence-electron chi connectivity index (χ1n) is 10.5. The minimum atomic E-state index is -0.405. The fourth-order valence-electron chi connectivity index (χ4n) is 4.09. The summed E-state index contributed by atoms with van der Waals surface area (Å²) in [4.78, 5) is 33.4. The molecule has 1 saturated heterocycles. The molecule has 0 radical (unpaired) electrons. The molecule has 166 valence electrons. The monoisotopic (exact) mass is 447 g/mol. The fraction of sp³-hybridized carbons (Fsp3) is 0.227. The molecule has 10 nitrogen and oxygen atoms in total. The van der Waals surface area contributed by atoms with Crippen molar-refractivity contribution < 1.29 is 13.9 Å². The van der Waals surface area contributed by atoms with Crippen LogP contribution in [0.3, 0.4) is 0 Å². The maximum Gasteiger partial charge on any atom is 0.328 e. The molecule has 0 unspecified atom stereocenters. The van der Waals surface area contributed by atoms with E-state index in [2.05, 4.69) is 24.9 Å². The van der Waals surface area contributed by atoms with Crippen LogP contribution >= 0.6 is 0 Å². The lowest BCUT2D eigenvalue weighted by molar-refractivity contribution is 0.0697. The maximum atomic E-state index is 14.0. The second-order valence-corrected chi connectivity index (χ2v) is 7.71. The number of fused-ring (bicyclic) bond motifs is 2. The molecule has 11 heteroatoms. The first kappa shape index (κ1) is 19.6. The second-order valence-electron chi connectivity index (χ2n) is 7.71. The van der Waals surface area contributed by atoms with Gasteiger partial charge in [-0.2, -0.15) is 9.97 Å². The number of hydrogen-bond donors (Lipinski definition) is 1. The lowest BCUT2D eigenvalue weighted by Gasteiger charge is -2.22. The SMILES string of the molecule is O=c1[nH]c2c(Oc3cccnc3)nc(-n3cnc4ccc(F)cc43)nc2n1C1CCOCC1. The highest BCUT2D eigenvalue weighted by Gasteiger charge is 2.25. The normalized spacial score (nSPS) is 14.8. The van der Waals surface area contributed by atoms with Crippen LogP contribution < -0.4 is 10.4 Å². The zero-order valence-corrected chi connectivity index (χ0v) is 17.3. The number of imidazole rings is 2. The van der Waals surface area contributed by atoms with E-state index in [0.29, 0.717) is 54.0 Å². The number of H-pyrrole nitrogens is 1. The molecule has 0 saturated carbocycles. The Bertz CT molecular complexity index is 1520. The molecule has 4 aromatic heterocycles. The van der Waals surface area contributed by atoms with Crippen LogP contribution in [0.25, 0.3) is 28.1 Å². The molecule has 1 aromatic carbocycles. The van der Waals surface area contributed by atoms with Gasteiger partial charge in [-0.3, -0.25) is 19.1 Å². The van der Waals surface area contributed by atoms with Crippen LogP contribution in [0.15, 0.2) is 53.8 Å². The van der Waals surface area contributed by atoms with Crippen molar-refractivity contribution in [3.63, 3.8) is 0 Å². The van der Waals surface area contributed by atoms with Gasteiger partial charge in [0, 0.05) is 31.5 Å². The molecule has 5 aromatic rings. The Morgan fingerprint density at radius 2 is 2.06 bits per heavy atom. The van der Waals surface area contributed by atoms with E-state index in [1.807, 2.05) is 0 Å². The van der Waals surface area contributed by atoms with Gasteiger partial charge in [0.2, 0.25) is 5.95 Å². The van der Waals surface area contributed by atoms with Crippen molar-refractivity contribution in [3.8, 4) is 17.6 Å². The topological polar surface area (TPSA) is 113 Å². The first-order chi connectivity index (χ1) is 16.2. The van der Waals surface area contributed by atoms with Crippen molar-refractivity contribution >= 4 is 22.2 Å².